The number of esters is 3. The first-order valence-electron chi connectivity index (χ1n) is 34.0. The van der Waals surface area contributed by atoms with E-state index in [-0.39, 0.29) is 37.5 Å². The van der Waals surface area contributed by atoms with E-state index >= 15 is 0 Å². The van der Waals surface area contributed by atoms with E-state index in [2.05, 4.69) is 142 Å². The number of carbonyl (C=O) groups is 3. The predicted molar refractivity (Wildman–Crippen MR) is 353 cm³/mol. The molecular formula is C75H126O6. The fraction of sp³-hybridized carbons (Fsp3) is 0.693. The second-order valence-corrected chi connectivity index (χ2v) is 22.3. The SMILES string of the molecule is CC/C=C\C/C=C\C/C=C\C/C=C\C/C=C\CCCCCC(=O)OC(COC(=O)CCCCCCC/C=C\C/C=C\CCCCC)COC(=O)CCCCCCCCCCCCCCCC/C=C\C/C=C\C/C=C\CCCCCCC. The molecule has 0 aromatic heterocycles. The highest BCUT2D eigenvalue weighted by Gasteiger charge is 2.19. The minimum atomic E-state index is -0.806. The van der Waals surface area contributed by atoms with Crippen LogP contribution in [-0.4, -0.2) is 37.2 Å². The quantitative estimate of drug-likeness (QED) is 0.0261. The van der Waals surface area contributed by atoms with E-state index < -0.39 is 6.10 Å². The molecule has 1 atom stereocenters. The Labute approximate surface area is 501 Å². The first-order chi connectivity index (χ1) is 40.0. The number of unbranched alkanes of at least 4 members (excludes halogenated alkanes) is 30. The van der Waals surface area contributed by atoms with Crippen molar-refractivity contribution >= 4 is 17.9 Å². The molecule has 81 heavy (non-hydrogen) atoms. The smallest absolute Gasteiger partial charge is 0.306 e. The van der Waals surface area contributed by atoms with Gasteiger partial charge in [0.05, 0.1) is 0 Å². The molecule has 0 aliphatic heterocycles. The summed E-state index contributed by atoms with van der Waals surface area (Å²) in [7, 11) is 0. The summed E-state index contributed by atoms with van der Waals surface area (Å²) in [5.74, 6) is -0.938. The summed E-state index contributed by atoms with van der Waals surface area (Å²) < 4.78 is 16.9. The average molecular weight is 1120 g/mol. The summed E-state index contributed by atoms with van der Waals surface area (Å²) in [6.45, 7) is 6.47. The molecule has 0 spiro atoms. The van der Waals surface area contributed by atoms with Crippen molar-refractivity contribution in [1.29, 1.82) is 0 Å². The van der Waals surface area contributed by atoms with Crippen LogP contribution in [0.1, 0.15) is 316 Å². The Bertz CT molecular complexity index is 1670. The largest absolute Gasteiger partial charge is 0.462 e. The maximum atomic E-state index is 12.9. The van der Waals surface area contributed by atoms with Gasteiger partial charge in [0, 0.05) is 19.3 Å². The fourth-order valence-corrected chi connectivity index (χ4v) is 9.33. The molecule has 0 saturated heterocycles. The summed E-state index contributed by atoms with van der Waals surface area (Å²) in [6, 6.07) is 0. The van der Waals surface area contributed by atoms with E-state index in [0.29, 0.717) is 12.8 Å². The van der Waals surface area contributed by atoms with Crippen LogP contribution in [0, 0.1) is 0 Å². The molecule has 0 aliphatic rings. The molecule has 0 fully saturated rings. The number of hydrogen-bond acceptors (Lipinski definition) is 6. The van der Waals surface area contributed by atoms with E-state index in [0.717, 1.165) is 135 Å². The number of ether oxygens (including phenoxy) is 3. The standard InChI is InChI=1S/C75H126O6/c1-4-7-10-13-16-19-22-25-28-30-32-33-34-35-36-37-38-39-40-41-43-44-47-50-53-56-59-62-65-68-74(77)80-71-72(70-79-73(76)67-64-61-58-55-52-49-46-27-24-21-18-15-12-9-6-3)81-75(78)69-66-63-60-57-54-51-48-45-42-31-29-26-23-20-17-14-11-8-5-2/h8,11,17-18,20-22,25-27,29-30,32,34-35,42,45-46,51,54,72H,4-7,9-10,12-16,19,23-24,28,31,33,36-41,43-44,47-50,52-53,55-71H2,1-3H3/b11-8-,20-17-,21-18-,25-22-,29-26-,32-30-,35-34-,45-42-,46-27-,54-51-. The van der Waals surface area contributed by atoms with Gasteiger partial charge in [-0.05, 0) is 135 Å². The minimum absolute atomic E-state index is 0.0977. The molecule has 0 N–H and O–H groups in total. The molecule has 6 nitrogen and oxygen atoms in total. The van der Waals surface area contributed by atoms with Crippen molar-refractivity contribution in [3.8, 4) is 0 Å². The van der Waals surface area contributed by atoms with Gasteiger partial charge in [0.15, 0.2) is 6.10 Å². The van der Waals surface area contributed by atoms with E-state index in [1.54, 1.807) is 0 Å². The maximum Gasteiger partial charge on any atom is 0.306 e. The van der Waals surface area contributed by atoms with Crippen molar-refractivity contribution in [1.82, 2.24) is 0 Å². The maximum absolute atomic E-state index is 12.9. The molecule has 0 rings (SSSR count). The van der Waals surface area contributed by atoms with Crippen LogP contribution in [0.25, 0.3) is 0 Å². The van der Waals surface area contributed by atoms with Gasteiger partial charge in [0.1, 0.15) is 13.2 Å². The summed E-state index contributed by atoms with van der Waals surface area (Å²) in [6.07, 6.45) is 95.0. The highest BCUT2D eigenvalue weighted by molar-refractivity contribution is 5.71. The lowest BCUT2D eigenvalue weighted by atomic mass is 10.0. The van der Waals surface area contributed by atoms with Crippen molar-refractivity contribution < 1.29 is 28.6 Å². The van der Waals surface area contributed by atoms with Gasteiger partial charge in [-0.25, -0.2) is 0 Å². The molecule has 0 radical (unpaired) electrons. The number of rotatable bonds is 61. The van der Waals surface area contributed by atoms with Crippen LogP contribution in [0.4, 0.5) is 0 Å². The molecular weight excluding hydrogens is 997 g/mol. The van der Waals surface area contributed by atoms with E-state index in [9.17, 15) is 14.4 Å². The van der Waals surface area contributed by atoms with Crippen molar-refractivity contribution in [2.24, 2.45) is 0 Å². The van der Waals surface area contributed by atoms with E-state index in [1.807, 2.05) is 0 Å². The lowest BCUT2D eigenvalue weighted by molar-refractivity contribution is -0.167. The summed E-state index contributed by atoms with van der Waals surface area (Å²) in [5, 5.41) is 0. The van der Waals surface area contributed by atoms with Crippen LogP contribution in [-0.2, 0) is 28.6 Å². The van der Waals surface area contributed by atoms with Crippen LogP contribution in [0.3, 0.4) is 0 Å². The molecule has 1 unspecified atom stereocenters. The van der Waals surface area contributed by atoms with Crippen LogP contribution >= 0.6 is 0 Å². The minimum Gasteiger partial charge on any atom is -0.462 e. The normalized spacial score (nSPS) is 12.9. The Morgan fingerprint density at radius 1 is 0.259 bits per heavy atom. The third-order valence-corrected chi connectivity index (χ3v) is 14.4. The second kappa shape index (κ2) is 68.3. The Kier molecular flexibility index (Phi) is 64.8. The second-order valence-electron chi connectivity index (χ2n) is 22.3. The zero-order valence-electron chi connectivity index (χ0n) is 53.0. The van der Waals surface area contributed by atoms with E-state index in [4.69, 9.17) is 14.2 Å². The zero-order valence-corrected chi connectivity index (χ0v) is 53.0. The molecule has 0 aliphatic carbocycles. The fourth-order valence-electron chi connectivity index (χ4n) is 9.33. The Morgan fingerprint density at radius 3 is 0.790 bits per heavy atom. The number of carbonyl (C=O) groups excluding carboxylic acids is 3. The third-order valence-electron chi connectivity index (χ3n) is 14.4. The topological polar surface area (TPSA) is 78.9 Å². The Morgan fingerprint density at radius 2 is 0.481 bits per heavy atom. The molecule has 0 bridgehead atoms. The lowest BCUT2D eigenvalue weighted by Crippen LogP contribution is -2.30. The van der Waals surface area contributed by atoms with Gasteiger partial charge in [0.25, 0.3) is 0 Å². The zero-order chi connectivity index (χ0) is 58.5. The van der Waals surface area contributed by atoms with Gasteiger partial charge in [0.2, 0.25) is 0 Å². The Balaban J connectivity index is 4.35. The highest BCUT2D eigenvalue weighted by atomic mass is 16.6. The van der Waals surface area contributed by atoms with Gasteiger partial charge in [-0.1, -0.05) is 284 Å². The molecule has 6 heteroatoms. The number of hydrogen-bond donors (Lipinski definition) is 0. The van der Waals surface area contributed by atoms with Crippen LogP contribution in [0.15, 0.2) is 122 Å². The third kappa shape index (κ3) is 66.5. The van der Waals surface area contributed by atoms with Crippen molar-refractivity contribution in [3.05, 3.63) is 122 Å². The van der Waals surface area contributed by atoms with Crippen molar-refractivity contribution in [2.75, 3.05) is 13.2 Å². The van der Waals surface area contributed by atoms with Crippen LogP contribution in [0.5, 0.6) is 0 Å². The van der Waals surface area contributed by atoms with Crippen LogP contribution in [0.2, 0.25) is 0 Å². The molecule has 0 aromatic rings. The average Bonchev–Trinajstić information content (AvgIpc) is 3.47. The van der Waals surface area contributed by atoms with Crippen molar-refractivity contribution in [3.63, 3.8) is 0 Å². The van der Waals surface area contributed by atoms with E-state index in [1.165, 1.54) is 141 Å². The summed E-state index contributed by atoms with van der Waals surface area (Å²) in [5.41, 5.74) is 0. The van der Waals surface area contributed by atoms with Crippen molar-refractivity contribution in [2.45, 2.75) is 322 Å². The number of allylic oxidation sites excluding steroid dienone is 20. The Hall–Kier alpha value is -4.19. The summed E-state index contributed by atoms with van der Waals surface area (Å²) >= 11 is 0. The van der Waals surface area contributed by atoms with Gasteiger partial charge >= 0.3 is 17.9 Å². The lowest BCUT2D eigenvalue weighted by Gasteiger charge is -2.18. The molecule has 0 heterocycles. The van der Waals surface area contributed by atoms with Gasteiger partial charge in [-0.3, -0.25) is 14.4 Å². The summed E-state index contributed by atoms with van der Waals surface area (Å²) in [4.78, 5) is 38.4. The molecule has 462 valence electrons. The molecule has 0 saturated carbocycles. The predicted octanol–water partition coefficient (Wildman–Crippen LogP) is 23.6. The molecule has 0 amide bonds. The molecule has 0 aromatic carbocycles. The highest BCUT2D eigenvalue weighted by Crippen LogP contribution is 2.16. The first-order valence-corrected chi connectivity index (χ1v) is 34.0. The monoisotopic (exact) mass is 1120 g/mol. The van der Waals surface area contributed by atoms with Gasteiger partial charge in [-0.2, -0.15) is 0 Å². The first kappa shape index (κ1) is 76.8. The van der Waals surface area contributed by atoms with Crippen LogP contribution < -0.4 is 0 Å². The van der Waals surface area contributed by atoms with Gasteiger partial charge < -0.3 is 14.2 Å². The van der Waals surface area contributed by atoms with Gasteiger partial charge in [-0.15, -0.1) is 0 Å².